The Kier molecular flexibility index (Phi) is 11.3. The van der Waals surface area contributed by atoms with Crippen molar-refractivity contribution in [1.82, 2.24) is 15.5 Å². The predicted octanol–water partition coefficient (Wildman–Crippen LogP) is -0.634. The van der Waals surface area contributed by atoms with Gasteiger partial charge in [0.05, 0.1) is 6.04 Å². The van der Waals surface area contributed by atoms with Gasteiger partial charge in [0, 0.05) is 18.7 Å². The Hall–Kier alpha value is -2.83. The number of nitrogens with zero attached hydrogens (tertiary/aromatic N) is 1. The Morgan fingerprint density at radius 2 is 1.74 bits per heavy atom. The van der Waals surface area contributed by atoms with Crippen LogP contribution in [0.2, 0.25) is 0 Å². The fraction of sp³-hybridized carbons (Fsp3) is 0.565. The number of phenolic OH excluding ortho intramolecular Hbond substituents is 1. The fourth-order valence-corrected chi connectivity index (χ4v) is 4.20. The van der Waals surface area contributed by atoms with E-state index >= 15 is 0 Å². The van der Waals surface area contributed by atoms with Gasteiger partial charge in [-0.3, -0.25) is 14.4 Å². The number of rotatable bonds is 13. The van der Waals surface area contributed by atoms with Gasteiger partial charge >= 0.3 is 5.97 Å². The average molecular weight is 510 g/mol. The SMILES string of the molecule is NCCCCC(N)C(=O)NC(CS)C(=O)NC(Cc1ccc(O)cc1)C(=O)N1CCCC1C(=O)O. The lowest BCUT2D eigenvalue weighted by Gasteiger charge is -2.29. The van der Waals surface area contributed by atoms with Crippen LogP contribution in [0.1, 0.15) is 37.7 Å². The molecule has 1 aliphatic rings. The van der Waals surface area contributed by atoms with Crippen LogP contribution in [0.3, 0.4) is 0 Å². The Labute approximate surface area is 210 Å². The number of amides is 3. The van der Waals surface area contributed by atoms with Crippen molar-refractivity contribution < 1.29 is 29.4 Å². The number of likely N-dealkylation sites (tertiary alicyclic amines) is 1. The first kappa shape index (κ1) is 28.4. The summed E-state index contributed by atoms with van der Waals surface area (Å²) in [7, 11) is 0. The number of aliphatic carboxylic acids is 1. The molecule has 1 saturated heterocycles. The second-order valence-corrected chi connectivity index (χ2v) is 8.96. The standard InChI is InChI=1S/C23H35N5O6S/c24-10-2-1-4-16(25)20(30)27-18(13-35)21(31)26-17(12-14-6-8-15(29)9-7-14)22(32)28-11-3-5-19(28)23(33)34/h6-9,16-19,29,35H,1-5,10-13,24-25H2,(H,26,31)(H,27,30)(H,33,34). The molecular weight excluding hydrogens is 474 g/mol. The first-order valence-electron chi connectivity index (χ1n) is 11.7. The van der Waals surface area contributed by atoms with Crippen LogP contribution in [0, 0.1) is 0 Å². The van der Waals surface area contributed by atoms with Crippen molar-refractivity contribution in [2.45, 2.75) is 62.7 Å². The normalized spacial score (nSPS) is 17.9. The molecule has 11 nitrogen and oxygen atoms in total. The van der Waals surface area contributed by atoms with Crippen LogP contribution < -0.4 is 22.1 Å². The summed E-state index contributed by atoms with van der Waals surface area (Å²) < 4.78 is 0. The molecule has 8 N–H and O–H groups in total. The van der Waals surface area contributed by atoms with Crippen molar-refractivity contribution in [2.24, 2.45) is 11.5 Å². The van der Waals surface area contributed by atoms with Crippen LogP contribution in [-0.2, 0) is 25.6 Å². The van der Waals surface area contributed by atoms with Gasteiger partial charge in [-0.1, -0.05) is 18.6 Å². The predicted molar refractivity (Wildman–Crippen MR) is 133 cm³/mol. The molecule has 1 aromatic carbocycles. The molecule has 1 aliphatic heterocycles. The van der Waals surface area contributed by atoms with Crippen LogP contribution >= 0.6 is 12.6 Å². The van der Waals surface area contributed by atoms with Gasteiger partial charge in [0.15, 0.2) is 0 Å². The number of nitrogens with two attached hydrogens (primary N) is 2. The summed E-state index contributed by atoms with van der Waals surface area (Å²) in [5.41, 5.74) is 12.0. The number of unbranched alkanes of at least 4 members (excludes halogenated alkanes) is 1. The number of hydrogen-bond donors (Lipinski definition) is 7. The van der Waals surface area contributed by atoms with Crippen molar-refractivity contribution in [3.63, 3.8) is 0 Å². The number of benzene rings is 1. The lowest BCUT2D eigenvalue weighted by Crippen LogP contribution is -2.58. The number of aromatic hydroxyl groups is 1. The summed E-state index contributed by atoms with van der Waals surface area (Å²) >= 11 is 4.16. The van der Waals surface area contributed by atoms with Crippen LogP contribution in [0.5, 0.6) is 5.75 Å². The summed E-state index contributed by atoms with van der Waals surface area (Å²) in [4.78, 5) is 51.6. The van der Waals surface area contributed by atoms with Crippen LogP contribution in [-0.4, -0.2) is 81.8 Å². The van der Waals surface area contributed by atoms with E-state index < -0.39 is 47.9 Å². The second kappa shape index (κ2) is 13.9. The number of nitrogens with one attached hydrogen (secondary N) is 2. The molecule has 1 aromatic rings. The van der Waals surface area contributed by atoms with E-state index in [0.717, 1.165) is 6.42 Å². The summed E-state index contributed by atoms with van der Waals surface area (Å²) in [6, 6.07) is 2.23. The number of carboxylic acids is 1. The molecule has 35 heavy (non-hydrogen) atoms. The molecule has 12 heteroatoms. The quantitative estimate of drug-likeness (QED) is 0.135. The maximum atomic E-state index is 13.3. The van der Waals surface area contributed by atoms with E-state index in [0.29, 0.717) is 37.8 Å². The Morgan fingerprint density at radius 1 is 1.09 bits per heavy atom. The van der Waals surface area contributed by atoms with E-state index in [1.807, 2.05) is 0 Å². The van der Waals surface area contributed by atoms with E-state index in [2.05, 4.69) is 23.3 Å². The molecule has 0 radical (unpaired) electrons. The van der Waals surface area contributed by atoms with Gasteiger partial charge in [0.2, 0.25) is 17.7 Å². The number of carboxylic acid groups (broad SMARTS) is 1. The number of carbonyl (C=O) groups excluding carboxylic acids is 3. The zero-order valence-corrected chi connectivity index (χ0v) is 20.5. The molecule has 0 aromatic heterocycles. The Balaban J connectivity index is 2.14. The molecule has 0 saturated carbocycles. The first-order chi connectivity index (χ1) is 16.7. The highest BCUT2D eigenvalue weighted by Gasteiger charge is 2.38. The number of phenols is 1. The van der Waals surface area contributed by atoms with Crippen LogP contribution in [0.25, 0.3) is 0 Å². The molecule has 1 heterocycles. The number of thiol groups is 1. The lowest BCUT2D eigenvalue weighted by molar-refractivity contribution is -0.149. The van der Waals surface area contributed by atoms with Gasteiger partial charge in [0.1, 0.15) is 23.9 Å². The van der Waals surface area contributed by atoms with Gasteiger partial charge < -0.3 is 37.2 Å². The van der Waals surface area contributed by atoms with Crippen LogP contribution in [0.15, 0.2) is 24.3 Å². The highest BCUT2D eigenvalue weighted by molar-refractivity contribution is 7.80. The topological polar surface area (TPSA) is 188 Å². The maximum Gasteiger partial charge on any atom is 0.326 e. The maximum absolute atomic E-state index is 13.3. The molecule has 0 spiro atoms. The molecule has 0 bridgehead atoms. The highest BCUT2D eigenvalue weighted by Crippen LogP contribution is 2.20. The summed E-state index contributed by atoms with van der Waals surface area (Å²) in [5.74, 6) is -2.76. The van der Waals surface area contributed by atoms with E-state index in [1.54, 1.807) is 12.1 Å². The van der Waals surface area contributed by atoms with Crippen molar-refractivity contribution >= 4 is 36.3 Å². The Morgan fingerprint density at radius 3 is 2.34 bits per heavy atom. The minimum absolute atomic E-state index is 0.0331. The molecule has 1 fully saturated rings. The third kappa shape index (κ3) is 8.41. The number of hydrogen-bond acceptors (Lipinski definition) is 8. The minimum Gasteiger partial charge on any atom is -0.508 e. The molecule has 4 unspecified atom stereocenters. The zero-order chi connectivity index (χ0) is 26.0. The van der Waals surface area contributed by atoms with Crippen molar-refractivity contribution in [2.75, 3.05) is 18.8 Å². The summed E-state index contributed by atoms with van der Waals surface area (Å²) in [5, 5.41) is 24.3. The smallest absolute Gasteiger partial charge is 0.326 e. The van der Waals surface area contributed by atoms with Gasteiger partial charge in [0.25, 0.3) is 0 Å². The number of carbonyl (C=O) groups is 4. The average Bonchev–Trinajstić information content (AvgIpc) is 3.33. The molecule has 0 aliphatic carbocycles. The third-order valence-corrected chi connectivity index (χ3v) is 6.30. The van der Waals surface area contributed by atoms with Gasteiger partial charge in [-0.15, -0.1) is 0 Å². The van der Waals surface area contributed by atoms with E-state index in [9.17, 15) is 29.4 Å². The van der Waals surface area contributed by atoms with Gasteiger partial charge in [-0.25, -0.2) is 4.79 Å². The van der Waals surface area contributed by atoms with Crippen molar-refractivity contribution in [3.8, 4) is 5.75 Å². The lowest BCUT2D eigenvalue weighted by atomic mass is 10.0. The van der Waals surface area contributed by atoms with E-state index in [1.165, 1.54) is 17.0 Å². The molecule has 2 rings (SSSR count). The monoisotopic (exact) mass is 509 g/mol. The molecule has 4 atom stereocenters. The largest absolute Gasteiger partial charge is 0.508 e. The summed E-state index contributed by atoms with van der Waals surface area (Å²) in [6.45, 7) is 0.758. The first-order valence-corrected chi connectivity index (χ1v) is 12.3. The molecular formula is C23H35N5O6S. The summed E-state index contributed by atoms with van der Waals surface area (Å²) in [6.07, 6.45) is 2.76. The van der Waals surface area contributed by atoms with E-state index in [4.69, 9.17) is 11.5 Å². The molecule has 3 amide bonds. The van der Waals surface area contributed by atoms with E-state index in [-0.39, 0.29) is 24.5 Å². The van der Waals surface area contributed by atoms with Crippen LogP contribution in [0.4, 0.5) is 0 Å². The zero-order valence-electron chi connectivity index (χ0n) is 19.6. The van der Waals surface area contributed by atoms with Crippen molar-refractivity contribution in [3.05, 3.63) is 29.8 Å². The fourth-order valence-electron chi connectivity index (χ4n) is 3.94. The van der Waals surface area contributed by atoms with Crippen molar-refractivity contribution in [1.29, 1.82) is 0 Å². The Bertz CT molecular complexity index is 884. The second-order valence-electron chi connectivity index (χ2n) is 8.59. The third-order valence-electron chi connectivity index (χ3n) is 5.93. The van der Waals surface area contributed by atoms with Gasteiger partial charge in [-0.2, -0.15) is 12.6 Å². The highest BCUT2D eigenvalue weighted by atomic mass is 32.1. The molecule has 194 valence electrons. The minimum atomic E-state index is -1.10. The van der Waals surface area contributed by atoms with Gasteiger partial charge in [-0.05, 0) is 49.9 Å².